The zero-order valence-corrected chi connectivity index (χ0v) is 12.7. The van der Waals surface area contributed by atoms with Gasteiger partial charge < -0.3 is 14.8 Å². The number of nitrogens with one attached hydrogen (secondary N) is 1. The van der Waals surface area contributed by atoms with E-state index in [0.717, 1.165) is 16.9 Å². The molecule has 0 atom stereocenters. The first-order valence-electron chi connectivity index (χ1n) is 6.72. The molecule has 1 N–H and O–H groups in total. The van der Waals surface area contributed by atoms with Gasteiger partial charge in [-0.15, -0.1) is 6.58 Å². The number of carbonyl (C=O) groups is 1. The largest absolute Gasteiger partial charge is 0.493 e. The lowest BCUT2D eigenvalue weighted by atomic mass is 10.00. The summed E-state index contributed by atoms with van der Waals surface area (Å²) in [5, 5.41) is 2.82. The van der Waals surface area contributed by atoms with Crippen LogP contribution >= 0.6 is 0 Å². The summed E-state index contributed by atoms with van der Waals surface area (Å²) in [4.78, 5) is 11.3. The van der Waals surface area contributed by atoms with E-state index >= 15 is 0 Å². The molecule has 110 valence electrons. The van der Waals surface area contributed by atoms with Gasteiger partial charge in [-0.05, 0) is 44.0 Å². The van der Waals surface area contributed by atoms with Gasteiger partial charge in [-0.2, -0.15) is 0 Å². The number of fused-ring (bicyclic) bond motifs is 1. The maximum atomic E-state index is 11.3. The molecule has 20 heavy (non-hydrogen) atoms. The Bertz CT molecular complexity index is 481. The van der Waals surface area contributed by atoms with Crippen LogP contribution < -0.4 is 14.8 Å². The van der Waals surface area contributed by atoms with Gasteiger partial charge in [0.25, 0.3) is 0 Å². The maximum Gasteiger partial charge on any atom is 0.224 e. The van der Waals surface area contributed by atoms with Crippen LogP contribution in [0, 0.1) is 0 Å². The van der Waals surface area contributed by atoms with Crippen LogP contribution in [0.3, 0.4) is 0 Å². The van der Waals surface area contributed by atoms with Crippen molar-refractivity contribution >= 4 is 5.91 Å². The van der Waals surface area contributed by atoms with Crippen molar-refractivity contribution in [2.75, 3.05) is 7.11 Å². The number of amides is 1. The molecule has 0 unspecified atom stereocenters. The molecule has 2 rings (SSSR count). The van der Waals surface area contributed by atoms with Crippen molar-refractivity contribution in [3.63, 3.8) is 0 Å². The molecule has 0 bridgehead atoms. The molecule has 1 heterocycles. The minimum atomic E-state index is 0.0529. The van der Waals surface area contributed by atoms with E-state index in [9.17, 15) is 4.79 Å². The Morgan fingerprint density at radius 3 is 2.45 bits per heavy atom. The first-order chi connectivity index (χ1) is 9.51. The Morgan fingerprint density at radius 1 is 1.30 bits per heavy atom. The molecular formula is C16H23NO3. The lowest BCUT2D eigenvalue weighted by Crippen LogP contribution is -2.30. The summed E-state index contributed by atoms with van der Waals surface area (Å²) in [7, 11) is 1.61. The summed E-state index contributed by atoms with van der Waals surface area (Å²) < 4.78 is 11.0. The second kappa shape index (κ2) is 7.58. The van der Waals surface area contributed by atoms with E-state index in [1.54, 1.807) is 13.2 Å². The molecule has 0 fully saturated rings. The van der Waals surface area contributed by atoms with Gasteiger partial charge in [-0.25, -0.2) is 0 Å². The predicted octanol–water partition coefficient (Wildman–Crippen LogP) is 2.85. The molecule has 1 aromatic carbocycles. The van der Waals surface area contributed by atoms with Crippen molar-refractivity contribution in [3.05, 3.63) is 35.9 Å². The minimum absolute atomic E-state index is 0.0529. The van der Waals surface area contributed by atoms with Crippen LogP contribution in [-0.4, -0.2) is 19.1 Å². The zero-order chi connectivity index (χ0) is 15.1. The van der Waals surface area contributed by atoms with Crippen LogP contribution in [0.4, 0.5) is 0 Å². The van der Waals surface area contributed by atoms with Crippen molar-refractivity contribution in [1.82, 2.24) is 5.32 Å². The second-order valence-electron chi connectivity index (χ2n) is 4.80. The smallest absolute Gasteiger partial charge is 0.224 e. The van der Waals surface area contributed by atoms with Crippen LogP contribution in [0.5, 0.6) is 11.5 Å². The standard InChI is InChI=1S/C13H17NO3.C3H6/c1-8(2)17-12-5-10-7-14-13(15)6-9(10)4-11(12)16-3;1-3-2/h4-5,8H,6-7H2,1-3H3,(H,14,15);3H,1H2,2H3. The molecule has 1 aliphatic rings. The molecule has 1 aliphatic heterocycles. The third kappa shape index (κ3) is 4.30. The number of benzene rings is 1. The molecule has 1 amide bonds. The number of hydrogen-bond acceptors (Lipinski definition) is 3. The van der Waals surface area contributed by atoms with Gasteiger partial charge in [0.2, 0.25) is 5.91 Å². The van der Waals surface area contributed by atoms with Gasteiger partial charge >= 0.3 is 0 Å². The van der Waals surface area contributed by atoms with Crippen LogP contribution in [-0.2, 0) is 17.8 Å². The minimum Gasteiger partial charge on any atom is -0.493 e. The van der Waals surface area contributed by atoms with E-state index in [4.69, 9.17) is 9.47 Å². The average molecular weight is 277 g/mol. The van der Waals surface area contributed by atoms with E-state index in [0.29, 0.717) is 18.7 Å². The van der Waals surface area contributed by atoms with Gasteiger partial charge in [-0.1, -0.05) is 6.08 Å². The van der Waals surface area contributed by atoms with Gasteiger partial charge in [0.05, 0.1) is 19.6 Å². The average Bonchev–Trinajstić information content (AvgIpc) is 2.38. The molecule has 4 nitrogen and oxygen atoms in total. The molecule has 4 heteroatoms. The van der Waals surface area contributed by atoms with E-state index in [-0.39, 0.29) is 12.0 Å². The first-order valence-corrected chi connectivity index (χ1v) is 6.72. The number of hydrogen-bond donors (Lipinski definition) is 1. The molecule has 0 spiro atoms. The highest BCUT2D eigenvalue weighted by atomic mass is 16.5. The Balaban J connectivity index is 0.000000612. The van der Waals surface area contributed by atoms with Crippen LogP contribution in [0.2, 0.25) is 0 Å². The Kier molecular flexibility index (Phi) is 6.10. The van der Waals surface area contributed by atoms with E-state index in [1.807, 2.05) is 32.9 Å². The molecular weight excluding hydrogens is 254 g/mol. The fourth-order valence-corrected chi connectivity index (χ4v) is 1.91. The zero-order valence-electron chi connectivity index (χ0n) is 12.7. The predicted molar refractivity (Wildman–Crippen MR) is 80.2 cm³/mol. The first kappa shape index (κ1) is 16.1. The summed E-state index contributed by atoms with van der Waals surface area (Å²) in [6.07, 6.45) is 2.26. The van der Waals surface area contributed by atoms with Gasteiger partial charge in [-0.3, -0.25) is 4.79 Å². The monoisotopic (exact) mass is 277 g/mol. The van der Waals surface area contributed by atoms with Crippen molar-refractivity contribution in [1.29, 1.82) is 0 Å². The lowest BCUT2D eigenvalue weighted by molar-refractivity contribution is -0.121. The summed E-state index contributed by atoms with van der Waals surface area (Å²) in [5.74, 6) is 1.47. The van der Waals surface area contributed by atoms with Crippen LogP contribution in [0.25, 0.3) is 0 Å². The number of methoxy groups -OCH3 is 1. The maximum absolute atomic E-state index is 11.3. The topological polar surface area (TPSA) is 47.6 Å². The Hall–Kier alpha value is -1.97. The fraction of sp³-hybridized carbons (Fsp3) is 0.438. The molecule has 0 radical (unpaired) electrons. The van der Waals surface area contributed by atoms with Crippen molar-refractivity contribution < 1.29 is 14.3 Å². The second-order valence-corrected chi connectivity index (χ2v) is 4.80. The number of ether oxygens (including phenoxy) is 2. The summed E-state index contributed by atoms with van der Waals surface area (Å²) in [6.45, 7) is 9.76. The molecule has 0 aliphatic carbocycles. The fourth-order valence-electron chi connectivity index (χ4n) is 1.91. The summed E-state index contributed by atoms with van der Waals surface area (Å²) >= 11 is 0. The highest BCUT2D eigenvalue weighted by molar-refractivity contribution is 5.81. The summed E-state index contributed by atoms with van der Waals surface area (Å²) in [6, 6.07) is 3.85. The van der Waals surface area contributed by atoms with Gasteiger partial charge in [0.15, 0.2) is 11.5 Å². The molecule has 0 aromatic heterocycles. The van der Waals surface area contributed by atoms with Crippen molar-refractivity contribution in [2.45, 2.75) is 39.8 Å². The number of carbonyl (C=O) groups excluding carboxylic acids is 1. The van der Waals surface area contributed by atoms with Crippen molar-refractivity contribution in [3.8, 4) is 11.5 Å². The Labute approximate surface area is 120 Å². The van der Waals surface area contributed by atoms with Crippen LogP contribution in [0.15, 0.2) is 24.8 Å². The van der Waals surface area contributed by atoms with Crippen molar-refractivity contribution in [2.24, 2.45) is 0 Å². The lowest BCUT2D eigenvalue weighted by Gasteiger charge is -2.21. The number of rotatable bonds is 3. The van der Waals surface area contributed by atoms with Crippen LogP contribution in [0.1, 0.15) is 31.9 Å². The molecule has 0 saturated carbocycles. The third-order valence-corrected chi connectivity index (χ3v) is 2.68. The van der Waals surface area contributed by atoms with Gasteiger partial charge in [0.1, 0.15) is 0 Å². The quantitative estimate of drug-likeness (QED) is 0.864. The van der Waals surface area contributed by atoms with E-state index in [1.165, 1.54) is 0 Å². The third-order valence-electron chi connectivity index (χ3n) is 2.68. The number of allylic oxidation sites excluding steroid dienone is 1. The van der Waals surface area contributed by atoms with E-state index in [2.05, 4.69) is 11.9 Å². The molecule has 1 aromatic rings. The SMILES string of the molecule is C=CC.COc1cc2c(cc1OC(C)C)CNC(=O)C2. The Morgan fingerprint density at radius 2 is 1.90 bits per heavy atom. The van der Waals surface area contributed by atoms with Gasteiger partial charge in [0, 0.05) is 6.54 Å². The van der Waals surface area contributed by atoms with E-state index < -0.39 is 0 Å². The summed E-state index contributed by atoms with van der Waals surface area (Å²) in [5.41, 5.74) is 2.11. The highest BCUT2D eigenvalue weighted by Crippen LogP contribution is 2.32. The normalized spacial score (nSPS) is 12.8. The highest BCUT2D eigenvalue weighted by Gasteiger charge is 2.18. The molecule has 0 saturated heterocycles.